The average Bonchev–Trinajstić information content (AvgIpc) is 2.61. The van der Waals surface area contributed by atoms with Crippen LogP contribution in [-0.4, -0.2) is 22.8 Å². The highest BCUT2D eigenvalue weighted by atomic mass is 79.9. The number of rotatable bonds is 4. The lowest BCUT2D eigenvalue weighted by atomic mass is 10.1. The number of carbonyl (C=O) groups is 1. The fraction of sp³-hybridized carbons (Fsp3) is 0.400. The van der Waals surface area contributed by atoms with E-state index in [2.05, 4.69) is 15.9 Å². The van der Waals surface area contributed by atoms with Gasteiger partial charge in [-0.05, 0) is 28.9 Å². The van der Waals surface area contributed by atoms with Crippen LogP contribution in [0.3, 0.4) is 0 Å². The van der Waals surface area contributed by atoms with Gasteiger partial charge in [0.2, 0.25) is 5.91 Å². The molecule has 1 amide bonds. The molecule has 0 aromatic carbocycles. The summed E-state index contributed by atoms with van der Waals surface area (Å²) in [5, 5.41) is 1.99. The number of nitrogens with two attached hydrogens (primary N) is 1. The van der Waals surface area contributed by atoms with Gasteiger partial charge >= 0.3 is 0 Å². The van der Waals surface area contributed by atoms with Crippen molar-refractivity contribution in [2.24, 2.45) is 11.7 Å². The van der Waals surface area contributed by atoms with Crippen LogP contribution in [0.1, 0.15) is 11.8 Å². The van der Waals surface area contributed by atoms with Crippen LogP contribution in [-0.2, 0) is 11.3 Å². The van der Waals surface area contributed by atoms with Crippen LogP contribution in [0.5, 0.6) is 0 Å². The van der Waals surface area contributed by atoms with Gasteiger partial charge in [0.25, 0.3) is 0 Å². The van der Waals surface area contributed by atoms with Crippen LogP contribution in [0.2, 0.25) is 0 Å². The van der Waals surface area contributed by atoms with Crippen molar-refractivity contribution in [2.75, 3.05) is 7.05 Å². The lowest BCUT2D eigenvalue weighted by Crippen LogP contribution is -2.36. The van der Waals surface area contributed by atoms with E-state index in [1.54, 1.807) is 30.2 Å². The number of hydrogen-bond donors (Lipinski definition) is 1. The molecule has 1 aromatic rings. The van der Waals surface area contributed by atoms with Gasteiger partial charge in [-0.1, -0.05) is 12.2 Å². The molecule has 0 aliphatic carbocycles. The average molecular weight is 321 g/mol. The van der Waals surface area contributed by atoms with Crippen molar-refractivity contribution in [3.63, 3.8) is 0 Å². The molecule has 2 N–H and O–H groups in total. The number of thiocarbonyl (C=S) groups is 1. The van der Waals surface area contributed by atoms with Gasteiger partial charge in [-0.2, -0.15) is 0 Å². The van der Waals surface area contributed by atoms with Crippen LogP contribution in [0, 0.1) is 5.92 Å². The quantitative estimate of drug-likeness (QED) is 0.866. The van der Waals surface area contributed by atoms with E-state index in [0.29, 0.717) is 6.54 Å². The Morgan fingerprint density at radius 2 is 2.38 bits per heavy atom. The Hall–Kier alpha value is -0.460. The number of nitrogens with zero attached hydrogens (tertiary/aromatic N) is 1. The fourth-order valence-electron chi connectivity index (χ4n) is 1.20. The topological polar surface area (TPSA) is 46.3 Å². The molecule has 0 aliphatic heterocycles. The summed E-state index contributed by atoms with van der Waals surface area (Å²) in [4.78, 5) is 14.9. The largest absolute Gasteiger partial charge is 0.393 e. The van der Waals surface area contributed by atoms with E-state index in [0.717, 1.165) is 9.35 Å². The summed E-state index contributed by atoms with van der Waals surface area (Å²) in [7, 11) is 1.75. The van der Waals surface area contributed by atoms with E-state index in [1.165, 1.54) is 0 Å². The zero-order chi connectivity index (χ0) is 12.3. The lowest BCUT2D eigenvalue weighted by molar-refractivity contribution is -0.132. The molecule has 0 radical (unpaired) electrons. The molecule has 0 spiro atoms. The molecule has 0 fully saturated rings. The third kappa shape index (κ3) is 3.54. The third-order valence-corrected chi connectivity index (χ3v) is 4.22. The fourth-order valence-corrected chi connectivity index (χ4v) is 2.80. The third-order valence-electron chi connectivity index (χ3n) is 2.19. The second-order valence-corrected chi connectivity index (χ2v) is 5.93. The maximum Gasteiger partial charge on any atom is 0.232 e. The number of amides is 1. The smallest absolute Gasteiger partial charge is 0.232 e. The minimum Gasteiger partial charge on any atom is -0.393 e. The molecule has 3 nitrogen and oxygen atoms in total. The molecule has 0 aliphatic rings. The van der Waals surface area contributed by atoms with Gasteiger partial charge in [0.1, 0.15) is 0 Å². The molecule has 0 saturated heterocycles. The van der Waals surface area contributed by atoms with Gasteiger partial charge in [-0.3, -0.25) is 4.79 Å². The van der Waals surface area contributed by atoms with Crippen molar-refractivity contribution >= 4 is 50.4 Å². The SMILES string of the molecule is CC(C(=O)N(C)Cc1cc(Br)cs1)C(N)=S. The number of thiophene rings is 1. The second kappa shape index (κ2) is 5.75. The molecule has 0 bridgehead atoms. The van der Waals surface area contributed by atoms with Gasteiger partial charge in [-0.15, -0.1) is 11.3 Å². The Morgan fingerprint density at radius 1 is 1.75 bits per heavy atom. The highest BCUT2D eigenvalue weighted by molar-refractivity contribution is 9.10. The summed E-state index contributed by atoms with van der Waals surface area (Å²) in [5.74, 6) is -0.444. The number of hydrogen-bond acceptors (Lipinski definition) is 3. The van der Waals surface area contributed by atoms with E-state index in [1.807, 2.05) is 11.4 Å². The monoisotopic (exact) mass is 320 g/mol. The Kier molecular flexibility index (Phi) is 4.89. The van der Waals surface area contributed by atoms with E-state index in [-0.39, 0.29) is 10.9 Å². The van der Waals surface area contributed by atoms with Gasteiger partial charge in [0.05, 0.1) is 17.5 Å². The van der Waals surface area contributed by atoms with Crippen molar-refractivity contribution in [1.82, 2.24) is 4.90 Å². The molecule has 16 heavy (non-hydrogen) atoms. The van der Waals surface area contributed by atoms with Gasteiger partial charge in [0.15, 0.2) is 0 Å². The van der Waals surface area contributed by atoms with E-state index < -0.39 is 5.92 Å². The molecule has 1 atom stereocenters. The predicted molar refractivity (Wildman–Crippen MR) is 74.4 cm³/mol. The summed E-state index contributed by atoms with van der Waals surface area (Å²) in [6.07, 6.45) is 0. The van der Waals surface area contributed by atoms with Crippen molar-refractivity contribution in [1.29, 1.82) is 0 Å². The van der Waals surface area contributed by atoms with Gasteiger partial charge < -0.3 is 10.6 Å². The summed E-state index contributed by atoms with van der Waals surface area (Å²) in [5.41, 5.74) is 5.45. The first kappa shape index (κ1) is 13.6. The maximum atomic E-state index is 11.8. The van der Waals surface area contributed by atoms with Gasteiger partial charge in [-0.25, -0.2) is 0 Å². The van der Waals surface area contributed by atoms with Crippen LogP contribution < -0.4 is 5.73 Å². The van der Waals surface area contributed by atoms with Crippen LogP contribution in [0.15, 0.2) is 15.9 Å². The zero-order valence-electron chi connectivity index (χ0n) is 9.07. The minimum absolute atomic E-state index is 0.0444. The Bertz CT molecular complexity index is 405. The predicted octanol–water partition coefficient (Wildman–Crippen LogP) is 2.39. The van der Waals surface area contributed by atoms with E-state index in [9.17, 15) is 4.79 Å². The summed E-state index contributed by atoms with van der Waals surface area (Å²) in [6.45, 7) is 2.31. The van der Waals surface area contributed by atoms with Crippen molar-refractivity contribution in [3.8, 4) is 0 Å². The molecular weight excluding hydrogens is 308 g/mol. The maximum absolute atomic E-state index is 11.8. The van der Waals surface area contributed by atoms with Crippen LogP contribution in [0.4, 0.5) is 0 Å². The summed E-state index contributed by atoms with van der Waals surface area (Å²) < 4.78 is 1.04. The first-order valence-electron chi connectivity index (χ1n) is 4.69. The first-order chi connectivity index (χ1) is 7.41. The van der Waals surface area contributed by atoms with Crippen molar-refractivity contribution in [3.05, 3.63) is 20.8 Å². The Balaban J connectivity index is 2.62. The van der Waals surface area contributed by atoms with Crippen molar-refractivity contribution < 1.29 is 4.79 Å². The molecular formula is C10H13BrN2OS2. The van der Waals surface area contributed by atoms with E-state index >= 15 is 0 Å². The molecule has 88 valence electrons. The Labute approximate surface area is 113 Å². The summed E-state index contributed by atoms with van der Waals surface area (Å²) in [6, 6.07) is 2.00. The second-order valence-electron chi connectivity index (χ2n) is 3.55. The Morgan fingerprint density at radius 3 is 2.81 bits per heavy atom. The molecule has 0 saturated carbocycles. The minimum atomic E-state index is -0.400. The molecule has 6 heteroatoms. The van der Waals surface area contributed by atoms with Crippen LogP contribution >= 0.6 is 39.5 Å². The highest BCUT2D eigenvalue weighted by Crippen LogP contribution is 2.21. The van der Waals surface area contributed by atoms with Gasteiger partial charge in [0, 0.05) is 21.8 Å². The summed E-state index contributed by atoms with van der Waals surface area (Å²) >= 11 is 9.80. The van der Waals surface area contributed by atoms with E-state index in [4.69, 9.17) is 18.0 Å². The zero-order valence-corrected chi connectivity index (χ0v) is 12.3. The number of halogens is 1. The highest BCUT2D eigenvalue weighted by Gasteiger charge is 2.20. The lowest BCUT2D eigenvalue weighted by Gasteiger charge is -2.19. The molecule has 1 rings (SSSR count). The van der Waals surface area contributed by atoms with Crippen LogP contribution in [0.25, 0.3) is 0 Å². The standard InChI is InChI=1S/C10H13BrN2OS2/c1-6(9(12)15)10(14)13(2)4-8-3-7(11)5-16-8/h3,5-6H,4H2,1-2H3,(H2,12,15). The molecule has 1 aromatic heterocycles. The molecule has 1 unspecified atom stereocenters. The first-order valence-corrected chi connectivity index (χ1v) is 6.77. The van der Waals surface area contributed by atoms with Crippen molar-refractivity contribution in [2.45, 2.75) is 13.5 Å². The number of carbonyl (C=O) groups excluding carboxylic acids is 1. The molecule has 1 heterocycles. The normalized spacial score (nSPS) is 12.2.